The minimum atomic E-state index is -3.72. The predicted octanol–water partition coefficient (Wildman–Crippen LogP) is 1.57. The van der Waals surface area contributed by atoms with Crippen molar-refractivity contribution in [3.05, 3.63) is 41.3 Å². The van der Waals surface area contributed by atoms with Crippen LogP contribution in [0.4, 0.5) is 4.39 Å². The molecule has 0 aliphatic carbocycles. The van der Waals surface area contributed by atoms with Crippen LogP contribution in [-0.4, -0.2) is 25.2 Å². The van der Waals surface area contributed by atoms with E-state index in [1.54, 1.807) is 0 Å². The highest BCUT2D eigenvalue weighted by Gasteiger charge is 2.20. The zero-order valence-corrected chi connectivity index (χ0v) is 10.8. The molecular formula is C10H9ClFN3O2S. The van der Waals surface area contributed by atoms with Crippen LogP contribution in [-0.2, 0) is 10.0 Å². The summed E-state index contributed by atoms with van der Waals surface area (Å²) in [6.07, 6.45) is 1.27. The molecule has 0 aliphatic rings. The second kappa shape index (κ2) is 4.68. The number of aromatic nitrogens is 2. The number of nitrogens with zero attached hydrogens (tertiary/aromatic N) is 2. The van der Waals surface area contributed by atoms with Gasteiger partial charge in [-0.25, -0.2) is 22.2 Å². The fraction of sp³-hybridized carbons (Fsp3) is 0.100. The Hall–Kier alpha value is -1.44. The quantitative estimate of drug-likeness (QED) is 0.933. The van der Waals surface area contributed by atoms with Crippen LogP contribution >= 0.6 is 11.6 Å². The highest BCUT2D eigenvalue weighted by molar-refractivity contribution is 7.89. The SMILES string of the molecule is CNS(=O)(=O)c1ccnn1-c1cccc(Cl)c1F. The first kappa shape index (κ1) is 13.0. The van der Waals surface area contributed by atoms with Crippen LogP contribution in [0.1, 0.15) is 0 Å². The van der Waals surface area contributed by atoms with Gasteiger partial charge in [0.1, 0.15) is 5.69 Å². The fourth-order valence-electron chi connectivity index (χ4n) is 1.44. The maximum absolute atomic E-state index is 13.8. The van der Waals surface area contributed by atoms with Gasteiger partial charge in [-0.15, -0.1) is 0 Å². The highest BCUT2D eigenvalue weighted by atomic mass is 35.5. The number of hydrogen-bond acceptors (Lipinski definition) is 3. The Labute approximate surface area is 108 Å². The van der Waals surface area contributed by atoms with Crippen LogP contribution in [0, 0.1) is 5.82 Å². The van der Waals surface area contributed by atoms with Crippen molar-refractivity contribution in [2.45, 2.75) is 5.03 Å². The number of halogens is 2. The van der Waals surface area contributed by atoms with Gasteiger partial charge in [0, 0.05) is 0 Å². The first-order valence-electron chi connectivity index (χ1n) is 4.89. The minimum Gasteiger partial charge on any atom is -0.218 e. The molecule has 0 fully saturated rings. The average molecular weight is 290 g/mol. The molecule has 0 saturated carbocycles. The molecule has 8 heteroatoms. The van der Waals surface area contributed by atoms with E-state index in [4.69, 9.17) is 11.6 Å². The number of benzene rings is 1. The van der Waals surface area contributed by atoms with Crippen LogP contribution < -0.4 is 4.72 Å². The summed E-state index contributed by atoms with van der Waals surface area (Å²) in [6, 6.07) is 5.55. The Bertz CT molecular complexity index is 684. The van der Waals surface area contributed by atoms with Crippen molar-refractivity contribution in [1.29, 1.82) is 0 Å². The van der Waals surface area contributed by atoms with Gasteiger partial charge in [-0.1, -0.05) is 17.7 Å². The third kappa shape index (κ3) is 2.12. The maximum Gasteiger partial charge on any atom is 0.257 e. The van der Waals surface area contributed by atoms with Gasteiger partial charge >= 0.3 is 0 Å². The lowest BCUT2D eigenvalue weighted by atomic mass is 10.3. The largest absolute Gasteiger partial charge is 0.257 e. The summed E-state index contributed by atoms with van der Waals surface area (Å²) in [5, 5.41) is 3.54. The summed E-state index contributed by atoms with van der Waals surface area (Å²) in [5.74, 6) is -0.726. The van der Waals surface area contributed by atoms with Crippen molar-refractivity contribution >= 4 is 21.6 Å². The first-order chi connectivity index (χ1) is 8.47. The third-order valence-electron chi connectivity index (χ3n) is 2.31. The number of sulfonamides is 1. The van der Waals surface area contributed by atoms with Crippen molar-refractivity contribution in [3.63, 3.8) is 0 Å². The fourth-order valence-corrected chi connectivity index (χ4v) is 2.43. The summed E-state index contributed by atoms with van der Waals surface area (Å²) >= 11 is 5.65. The van der Waals surface area contributed by atoms with Gasteiger partial charge in [-0.2, -0.15) is 5.10 Å². The van der Waals surface area contributed by atoms with Gasteiger partial charge in [0.2, 0.25) is 0 Å². The van der Waals surface area contributed by atoms with Gasteiger partial charge < -0.3 is 0 Å². The van der Waals surface area contributed by atoms with Gasteiger partial charge in [0.05, 0.1) is 11.2 Å². The molecule has 0 radical (unpaired) electrons. The Morgan fingerprint density at radius 1 is 1.39 bits per heavy atom. The van der Waals surface area contributed by atoms with Crippen LogP contribution in [0.25, 0.3) is 5.69 Å². The monoisotopic (exact) mass is 289 g/mol. The average Bonchev–Trinajstić information content (AvgIpc) is 2.82. The Morgan fingerprint density at radius 2 is 2.11 bits per heavy atom. The molecular weight excluding hydrogens is 281 g/mol. The van der Waals surface area contributed by atoms with Gasteiger partial charge in [0.15, 0.2) is 10.8 Å². The lowest BCUT2D eigenvalue weighted by Crippen LogP contribution is -2.22. The lowest BCUT2D eigenvalue weighted by molar-refractivity contribution is 0.570. The van der Waals surface area contributed by atoms with E-state index >= 15 is 0 Å². The lowest BCUT2D eigenvalue weighted by Gasteiger charge is -2.09. The molecule has 2 aromatic rings. The molecule has 1 heterocycles. The second-order valence-electron chi connectivity index (χ2n) is 3.36. The van der Waals surface area contributed by atoms with Crippen LogP contribution in [0.5, 0.6) is 0 Å². The van der Waals surface area contributed by atoms with Crippen molar-refractivity contribution < 1.29 is 12.8 Å². The molecule has 0 spiro atoms. The molecule has 0 amide bonds. The van der Waals surface area contributed by atoms with Crippen LogP contribution in [0.2, 0.25) is 5.02 Å². The molecule has 96 valence electrons. The summed E-state index contributed by atoms with van der Waals surface area (Å²) in [4.78, 5) is 0. The van der Waals surface area contributed by atoms with E-state index in [0.29, 0.717) is 0 Å². The number of nitrogens with one attached hydrogen (secondary N) is 1. The zero-order chi connectivity index (χ0) is 13.3. The molecule has 0 bridgehead atoms. The molecule has 5 nitrogen and oxygen atoms in total. The smallest absolute Gasteiger partial charge is 0.218 e. The molecule has 0 atom stereocenters. The number of rotatable bonds is 3. The normalized spacial score (nSPS) is 11.7. The van der Waals surface area contributed by atoms with Gasteiger partial charge in [-0.05, 0) is 25.2 Å². The van der Waals surface area contributed by atoms with Crippen LogP contribution in [0.3, 0.4) is 0 Å². The Balaban J connectivity index is 2.67. The molecule has 0 saturated heterocycles. The zero-order valence-electron chi connectivity index (χ0n) is 9.26. The molecule has 1 aromatic carbocycles. The van der Waals surface area contributed by atoms with Crippen molar-refractivity contribution in [1.82, 2.24) is 14.5 Å². The van der Waals surface area contributed by atoms with Gasteiger partial charge in [0.25, 0.3) is 10.0 Å². The first-order valence-corrected chi connectivity index (χ1v) is 6.75. The third-order valence-corrected chi connectivity index (χ3v) is 4.00. The van der Waals surface area contributed by atoms with Crippen LogP contribution in [0.15, 0.2) is 35.5 Å². The van der Waals surface area contributed by atoms with E-state index in [1.807, 2.05) is 0 Å². The Morgan fingerprint density at radius 3 is 2.78 bits per heavy atom. The maximum atomic E-state index is 13.8. The molecule has 18 heavy (non-hydrogen) atoms. The van der Waals surface area contributed by atoms with E-state index in [1.165, 1.54) is 37.5 Å². The van der Waals surface area contributed by atoms with Crippen molar-refractivity contribution in [2.75, 3.05) is 7.05 Å². The summed E-state index contributed by atoms with van der Waals surface area (Å²) < 4.78 is 40.4. The predicted molar refractivity (Wildman–Crippen MR) is 64.8 cm³/mol. The van der Waals surface area contributed by atoms with E-state index in [0.717, 1.165) is 4.68 Å². The van der Waals surface area contributed by atoms with Crippen molar-refractivity contribution in [2.24, 2.45) is 0 Å². The molecule has 1 aromatic heterocycles. The Kier molecular flexibility index (Phi) is 3.38. The summed E-state index contributed by atoms with van der Waals surface area (Å²) in [5.41, 5.74) is -0.0266. The molecule has 0 unspecified atom stereocenters. The summed E-state index contributed by atoms with van der Waals surface area (Å²) in [7, 11) is -2.46. The molecule has 1 N–H and O–H groups in total. The van der Waals surface area contributed by atoms with Crippen molar-refractivity contribution in [3.8, 4) is 5.69 Å². The van der Waals surface area contributed by atoms with E-state index in [2.05, 4.69) is 9.82 Å². The van der Waals surface area contributed by atoms with E-state index < -0.39 is 15.8 Å². The number of hydrogen-bond donors (Lipinski definition) is 1. The topological polar surface area (TPSA) is 64.0 Å². The highest BCUT2D eigenvalue weighted by Crippen LogP contribution is 2.23. The molecule has 2 rings (SSSR count). The van der Waals surface area contributed by atoms with Gasteiger partial charge in [-0.3, -0.25) is 0 Å². The van der Waals surface area contributed by atoms with E-state index in [9.17, 15) is 12.8 Å². The molecule has 0 aliphatic heterocycles. The minimum absolute atomic E-state index is 0.0266. The standard InChI is InChI=1S/C10H9ClFN3O2S/c1-13-18(16,17)9-5-6-14-15(9)8-4-2-3-7(11)10(8)12/h2-6,13H,1H3. The summed E-state index contributed by atoms with van der Waals surface area (Å²) in [6.45, 7) is 0. The van der Waals surface area contributed by atoms with E-state index in [-0.39, 0.29) is 15.7 Å². The second-order valence-corrected chi connectivity index (χ2v) is 5.60.